The van der Waals surface area contributed by atoms with Crippen LogP contribution in [0.15, 0.2) is 122 Å². The number of pyridine rings is 1. The lowest BCUT2D eigenvalue weighted by Crippen LogP contribution is -2.27. The van der Waals surface area contributed by atoms with Crippen LogP contribution >= 0.6 is 0 Å². The Morgan fingerprint density at radius 3 is 2.04 bits per heavy atom. The molecule has 0 radical (unpaired) electrons. The first kappa shape index (κ1) is 30.3. The first-order valence-corrected chi connectivity index (χ1v) is 14.5. The van der Waals surface area contributed by atoms with Crippen molar-refractivity contribution in [3.8, 4) is 22.3 Å². The van der Waals surface area contributed by atoms with Gasteiger partial charge in [0.25, 0.3) is 5.91 Å². The first-order chi connectivity index (χ1) is 22.1. The number of alkyl halides is 3. The predicted molar refractivity (Wildman–Crippen MR) is 170 cm³/mol. The Labute approximate surface area is 262 Å². The SMILES string of the molecule is C[C@H](NC(=O)c1cc(-c2ccc(C(F)(F)F)cc2)cc2ccn(Cc3ccc(-c4ccncc4)cc3)c12)c1ccc(C(=O)O)cc1. The van der Waals surface area contributed by atoms with Crippen molar-refractivity contribution in [1.82, 2.24) is 14.9 Å². The van der Waals surface area contributed by atoms with Crippen LogP contribution in [0.5, 0.6) is 0 Å². The van der Waals surface area contributed by atoms with Crippen molar-refractivity contribution in [1.29, 1.82) is 0 Å². The zero-order valence-corrected chi connectivity index (χ0v) is 24.6. The molecule has 0 fully saturated rings. The molecule has 0 aliphatic rings. The van der Waals surface area contributed by atoms with Crippen LogP contribution in [-0.2, 0) is 12.7 Å². The number of nitrogens with one attached hydrogen (secondary N) is 1. The third kappa shape index (κ3) is 6.39. The lowest BCUT2D eigenvalue weighted by atomic mass is 9.98. The van der Waals surface area contributed by atoms with E-state index in [-0.39, 0.29) is 11.5 Å². The Morgan fingerprint density at radius 1 is 0.804 bits per heavy atom. The Balaban J connectivity index is 1.36. The second-order valence-electron chi connectivity index (χ2n) is 11.0. The summed E-state index contributed by atoms with van der Waals surface area (Å²) in [5.74, 6) is -1.42. The van der Waals surface area contributed by atoms with Crippen molar-refractivity contribution >= 4 is 22.8 Å². The van der Waals surface area contributed by atoms with Gasteiger partial charge in [0.05, 0.1) is 28.2 Å². The Hall–Kier alpha value is -5.70. The minimum Gasteiger partial charge on any atom is -0.478 e. The summed E-state index contributed by atoms with van der Waals surface area (Å²) in [6, 6.07) is 28.1. The first-order valence-electron chi connectivity index (χ1n) is 14.5. The molecule has 0 bridgehead atoms. The summed E-state index contributed by atoms with van der Waals surface area (Å²) >= 11 is 0. The number of fused-ring (bicyclic) bond motifs is 1. The molecule has 0 saturated heterocycles. The van der Waals surface area contributed by atoms with Crippen molar-refractivity contribution in [3.63, 3.8) is 0 Å². The van der Waals surface area contributed by atoms with Crippen molar-refractivity contribution in [2.45, 2.75) is 25.7 Å². The zero-order valence-electron chi connectivity index (χ0n) is 24.6. The highest BCUT2D eigenvalue weighted by Crippen LogP contribution is 2.34. The largest absolute Gasteiger partial charge is 0.478 e. The van der Waals surface area contributed by atoms with Crippen LogP contribution < -0.4 is 5.32 Å². The van der Waals surface area contributed by atoms with Crippen LogP contribution in [0.1, 0.15) is 50.4 Å². The summed E-state index contributed by atoms with van der Waals surface area (Å²) in [5, 5.41) is 13.0. The number of hydrogen-bond donors (Lipinski definition) is 2. The summed E-state index contributed by atoms with van der Waals surface area (Å²) in [6.07, 6.45) is 0.919. The van der Waals surface area contributed by atoms with Crippen LogP contribution in [0, 0.1) is 0 Å². The monoisotopic (exact) mass is 619 g/mol. The summed E-state index contributed by atoms with van der Waals surface area (Å²) < 4.78 is 41.7. The standard InChI is InChI=1S/C37H28F3N3O3/c1-23(25-6-8-29(9-7-25)36(45)46)42-35(44)33-21-31(27-10-12-32(13-11-27)37(38,39)40)20-30-16-19-43(34(30)33)22-24-2-4-26(5-3-24)28-14-17-41-18-15-28/h2-21,23H,22H2,1H3,(H,42,44)(H,45,46)/t23-/m0/s1. The molecule has 1 amide bonds. The fourth-order valence-electron chi connectivity index (χ4n) is 5.49. The third-order valence-electron chi connectivity index (χ3n) is 7.98. The topological polar surface area (TPSA) is 84.2 Å². The number of aromatic carboxylic acids is 1. The van der Waals surface area contributed by atoms with Crippen molar-refractivity contribution in [2.24, 2.45) is 0 Å². The van der Waals surface area contributed by atoms with E-state index in [1.165, 1.54) is 24.3 Å². The molecule has 0 aliphatic carbocycles. The predicted octanol–water partition coefficient (Wildman–Crippen LogP) is 8.63. The van der Waals surface area contributed by atoms with Crippen LogP contribution in [0.4, 0.5) is 13.2 Å². The van der Waals surface area contributed by atoms with Gasteiger partial charge < -0.3 is 15.0 Å². The van der Waals surface area contributed by atoms with E-state index in [4.69, 9.17) is 0 Å². The quantitative estimate of drug-likeness (QED) is 0.179. The molecule has 0 spiro atoms. The van der Waals surface area contributed by atoms with E-state index in [2.05, 4.69) is 10.3 Å². The van der Waals surface area contributed by atoms with Gasteiger partial charge in [0.2, 0.25) is 0 Å². The maximum Gasteiger partial charge on any atom is 0.416 e. The molecule has 6 rings (SSSR count). The average molecular weight is 620 g/mol. The number of amides is 1. The molecule has 46 heavy (non-hydrogen) atoms. The van der Waals surface area contributed by atoms with E-state index in [1.807, 2.05) is 59.3 Å². The number of carbonyl (C=O) groups excluding carboxylic acids is 1. The minimum absolute atomic E-state index is 0.139. The molecular weight excluding hydrogens is 591 g/mol. The van der Waals surface area contributed by atoms with Gasteiger partial charge in [0.15, 0.2) is 0 Å². The number of carboxylic acid groups (broad SMARTS) is 1. The molecule has 0 unspecified atom stereocenters. The summed E-state index contributed by atoms with van der Waals surface area (Å²) in [4.78, 5) is 29.3. The molecule has 2 aromatic heterocycles. The Morgan fingerprint density at radius 2 is 1.41 bits per heavy atom. The highest BCUT2D eigenvalue weighted by molar-refractivity contribution is 6.08. The number of halogens is 3. The van der Waals surface area contributed by atoms with E-state index < -0.39 is 23.8 Å². The van der Waals surface area contributed by atoms with Gasteiger partial charge in [-0.25, -0.2) is 4.79 Å². The molecule has 4 aromatic carbocycles. The second-order valence-corrected chi connectivity index (χ2v) is 11.0. The van der Waals surface area contributed by atoms with Crippen molar-refractivity contribution in [2.75, 3.05) is 0 Å². The highest BCUT2D eigenvalue weighted by Gasteiger charge is 2.30. The van der Waals surface area contributed by atoms with Crippen LogP contribution in [-0.4, -0.2) is 26.5 Å². The number of hydrogen-bond acceptors (Lipinski definition) is 3. The van der Waals surface area contributed by atoms with E-state index in [1.54, 1.807) is 37.5 Å². The number of carboxylic acids is 1. The van der Waals surface area contributed by atoms with Crippen LogP contribution in [0.25, 0.3) is 33.2 Å². The van der Waals surface area contributed by atoms with Gasteiger partial charge in [0, 0.05) is 30.5 Å². The van der Waals surface area contributed by atoms with Gasteiger partial charge in [-0.15, -0.1) is 0 Å². The molecule has 1 atom stereocenters. The number of aromatic nitrogens is 2. The van der Waals surface area contributed by atoms with Gasteiger partial charge in [-0.05, 0) is 94.9 Å². The highest BCUT2D eigenvalue weighted by atomic mass is 19.4. The zero-order chi connectivity index (χ0) is 32.4. The maximum absolute atomic E-state index is 13.9. The maximum atomic E-state index is 13.9. The molecular formula is C37H28F3N3O3. The van der Waals surface area contributed by atoms with Crippen LogP contribution in [0.3, 0.4) is 0 Å². The lowest BCUT2D eigenvalue weighted by molar-refractivity contribution is -0.137. The third-order valence-corrected chi connectivity index (χ3v) is 7.98. The Bertz CT molecular complexity index is 2020. The molecule has 6 aromatic rings. The Kier molecular flexibility index (Phi) is 8.15. The number of benzene rings is 4. The van der Waals surface area contributed by atoms with E-state index in [0.717, 1.165) is 39.8 Å². The molecule has 2 N–H and O–H groups in total. The average Bonchev–Trinajstić information content (AvgIpc) is 3.47. The molecule has 0 saturated carbocycles. The fraction of sp³-hybridized carbons (Fsp3) is 0.108. The lowest BCUT2D eigenvalue weighted by Gasteiger charge is -2.17. The minimum atomic E-state index is -4.46. The van der Waals surface area contributed by atoms with Gasteiger partial charge in [-0.2, -0.15) is 13.2 Å². The van der Waals surface area contributed by atoms with Gasteiger partial charge >= 0.3 is 12.1 Å². The van der Waals surface area contributed by atoms with E-state index in [0.29, 0.717) is 28.8 Å². The number of carbonyl (C=O) groups is 2. The number of nitrogens with zero attached hydrogens (tertiary/aromatic N) is 2. The molecule has 230 valence electrons. The van der Waals surface area contributed by atoms with Gasteiger partial charge in [-0.3, -0.25) is 9.78 Å². The summed E-state index contributed by atoms with van der Waals surface area (Å²) in [6.45, 7) is 2.28. The second kappa shape index (κ2) is 12.4. The fourth-order valence-corrected chi connectivity index (χ4v) is 5.49. The van der Waals surface area contributed by atoms with Crippen LogP contribution in [0.2, 0.25) is 0 Å². The van der Waals surface area contributed by atoms with Crippen molar-refractivity contribution in [3.05, 3.63) is 150 Å². The summed E-state index contributed by atoms with van der Waals surface area (Å²) in [7, 11) is 0. The van der Waals surface area contributed by atoms with Crippen molar-refractivity contribution < 1.29 is 27.9 Å². The smallest absolute Gasteiger partial charge is 0.416 e. The van der Waals surface area contributed by atoms with Gasteiger partial charge in [0.1, 0.15) is 0 Å². The van der Waals surface area contributed by atoms with Gasteiger partial charge in [-0.1, -0.05) is 48.5 Å². The van der Waals surface area contributed by atoms with E-state index in [9.17, 15) is 27.9 Å². The normalized spacial score (nSPS) is 12.2. The molecule has 0 aliphatic heterocycles. The molecule has 2 heterocycles. The summed E-state index contributed by atoms with van der Waals surface area (Å²) in [5.41, 5.74) is 5.41. The number of rotatable bonds is 8. The molecule has 6 nitrogen and oxygen atoms in total. The van der Waals surface area contributed by atoms with E-state index >= 15 is 0 Å². The molecule has 9 heteroatoms.